The number of carbonyl (C=O) groups excluding carboxylic acids is 1. The van der Waals surface area contributed by atoms with Gasteiger partial charge in [0.2, 0.25) is 0 Å². The average molecular weight is 398 g/mol. The van der Waals surface area contributed by atoms with E-state index in [4.69, 9.17) is 16.3 Å². The van der Waals surface area contributed by atoms with Crippen molar-refractivity contribution in [3.63, 3.8) is 0 Å². The van der Waals surface area contributed by atoms with Gasteiger partial charge in [0.1, 0.15) is 0 Å². The van der Waals surface area contributed by atoms with Crippen LogP contribution in [0, 0.1) is 0 Å². The highest BCUT2D eigenvalue weighted by Gasteiger charge is 2.24. The van der Waals surface area contributed by atoms with E-state index in [0.29, 0.717) is 18.2 Å². The summed E-state index contributed by atoms with van der Waals surface area (Å²) < 4.78 is 7.38. The Balaban J connectivity index is 1.88. The molecular formula is C22H24ClN3O2. The van der Waals surface area contributed by atoms with Gasteiger partial charge in [-0.25, -0.2) is 0 Å². The van der Waals surface area contributed by atoms with E-state index in [9.17, 15) is 4.79 Å². The van der Waals surface area contributed by atoms with Crippen molar-refractivity contribution in [3.8, 4) is 11.1 Å². The molecule has 28 heavy (non-hydrogen) atoms. The highest BCUT2D eigenvalue weighted by atomic mass is 35.5. The number of benzene rings is 1. The lowest BCUT2D eigenvalue weighted by atomic mass is 9.99. The fourth-order valence-corrected chi connectivity index (χ4v) is 4.13. The molecule has 0 bridgehead atoms. The molecule has 1 saturated heterocycles. The Morgan fingerprint density at radius 3 is 2.79 bits per heavy atom. The van der Waals surface area contributed by atoms with Crippen LogP contribution in [-0.2, 0) is 11.3 Å². The van der Waals surface area contributed by atoms with Crippen LogP contribution < -0.4 is 0 Å². The standard InChI is InChI=1S/C22H24ClN3O2/c1-28-11-10-26-15-19(22(27)25-8-3-2-4-9-25)21-18(6-5-7-20(21)26)16-12-17(23)14-24-13-16/h5-7,12-15H,2-4,8-11H2,1H3. The molecular weight excluding hydrogens is 374 g/mol. The number of hydrogen-bond acceptors (Lipinski definition) is 3. The van der Waals surface area contributed by atoms with Crippen LogP contribution in [0.15, 0.2) is 42.9 Å². The molecule has 1 fully saturated rings. The van der Waals surface area contributed by atoms with E-state index < -0.39 is 0 Å². The van der Waals surface area contributed by atoms with Crippen molar-refractivity contribution in [1.29, 1.82) is 0 Å². The topological polar surface area (TPSA) is 47.4 Å². The molecule has 0 radical (unpaired) electrons. The summed E-state index contributed by atoms with van der Waals surface area (Å²) in [4.78, 5) is 19.6. The molecule has 5 nitrogen and oxygen atoms in total. The summed E-state index contributed by atoms with van der Waals surface area (Å²) in [6.07, 6.45) is 8.72. The second-order valence-electron chi connectivity index (χ2n) is 7.17. The van der Waals surface area contributed by atoms with Gasteiger partial charge < -0.3 is 14.2 Å². The lowest BCUT2D eigenvalue weighted by molar-refractivity contribution is 0.0726. The molecule has 3 aromatic rings. The molecule has 0 N–H and O–H groups in total. The summed E-state index contributed by atoms with van der Waals surface area (Å²) in [5.41, 5.74) is 3.65. The molecule has 1 aliphatic rings. The van der Waals surface area contributed by atoms with Crippen LogP contribution in [-0.4, -0.2) is 47.2 Å². The molecule has 0 spiro atoms. The molecule has 1 amide bonds. The van der Waals surface area contributed by atoms with Crippen molar-refractivity contribution in [3.05, 3.63) is 53.4 Å². The smallest absolute Gasteiger partial charge is 0.256 e. The monoisotopic (exact) mass is 397 g/mol. The maximum absolute atomic E-state index is 13.4. The largest absolute Gasteiger partial charge is 0.383 e. The van der Waals surface area contributed by atoms with Crippen molar-refractivity contribution in [2.75, 3.05) is 26.8 Å². The number of likely N-dealkylation sites (tertiary alicyclic amines) is 1. The zero-order valence-electron chi connectivity index (χ0n) is 16.0. The van der Waals surface area contributed by atoms with Gasteiger partial charge in [-0.05, 0) is 37.0 Å². The number of piperidine rings is 1. The predicted molar refractivity (Wildman–Crippen MR) is 112 cm³/mol. The minimum atomic E-state index is 0.100. The molecule has 6 heteroatoms. The first-order valence-corrected chi connectivity index (χ1v) is 10.1. The van der Waals surface area contributed by atoms with Gasteiger partial charge in [-0.15, -0.1) is 0 Å². The molecule has 2 aromatic heterocycles. The van der Waals surface area contributed by atoms with Crippen LogP contribution in [0.3, 0.4) is 0 Å². The summed E-state index contributed by atoms with van der Waals surface area (Å²) >= 11 is 6.18. The lowest BCUT2D eigenvalue weighted by Gasteiger charge is -2.26. The van der Waals surface area contributed by atoms with Gasteiger partial charge in [0, 0.05) is 61.8 Å². The number of rotatable bonds is 5. The Morgan fingerprint density at radius 2 is 2.04 bits per heavy atom. The Morgan fingerprint density at radius 1 is 1.21 bits per heavy atom. The third kappa shape index (κ3) is 3.64. The van der Waals surface area contributed by atoms with E-state index in [1.165, 1.54) is 6.42 Å². The fourth-order valence-electron chi connectivity index (χ4n) is 3.96. The highest BCUT2D eigenvalue weighted by molar-refractivity contribution is 6.30. The number of amides is 1. The van der Waals surface area contributed by atoms with Crippen LogP contribution in [0.1, 0.15) is 29.6 Å². The third-order valence-corrected chi connectivity index (χ3v) is 5.54. The molecule has 1 aromatic carbocycles. The van der Waals surface area contributed by atoms with Crippen molar-refractivity contribution >= 4 is 28.4 Å². The van der Waals surface area contributed by atoms with Crippen LogP contribution in [0.4, 0.5) is 0 Å². The van der Waals surface area contributed by atoms with Gasteiger partial charge in [-0.3, -0.25) is 9.78 Å². The van der Waals surface area contributed by atoms with Gasteiger partial charge in [-0.1, -0.05) is 23.7 Å². The molecule has 1 aliphatic heterocycles. The minimum Gasteiger partial charge on any atom is -0.383 e. The first-order chi connectivity index (χ1) is 13.7. The number of carbonyl (C=O) groups is 1. The Bertz CT molecular complexity index is 993. The van der Waals surface area contributed by atoms with Crippen molar-refractivity contribution in [1.82, 2.24) is 14.5 Å². The highest BCUT2D eigenvalue weighted by Crippen LogP contribution is 2.34. The number of hydrogen-bond donors (Lipinski definition) is 0. The summed E-state index contributed by atoms with van der Waals surface area (Å²) in [7, 11) is 1.69. The summed E-state index contributed by atoms with van der Waals surface area (Å²) in [5.74, 6) is 0.100. The molecule has 146 valence electrons. The van der Waals surface area contributed by atoms with Crippen molar-refractivity contribution in [2.24, 2.45) is 0 Å². The third-order valence-electron chi connectivity index (χ3n) is 5.33. The SMILES string of the molecule is COCCn1cc(C(=O)N2CCCCC2)c2c(-c3cncc(Cl)c3)cccc21. The molecule has 4 rings (SSSR count). The van der Waals surface area contributed by atoms with Gasteiger partial charge in [0.15, 0.2) is 0 Å². The van der Waals surface area contributed by atoms with E-state index >= 15 is 0 Å². The maximum atomic E-state index is 13.4. The zero-order chi connectivity index (χ0) is 19.5. The predicted octanol–water partition coefficient (Wildman–Crippen LogP) is 4.63. The summed E-state index contributed by atoms with van der Waals surface area (Å²) in [5, 5.41) is 1.54. The number of aromatic nitrogens is 2. The van der Waals surface area contributed by atoms with Crippen molar-refractivity contribution in [2.45, 2.75) is 25.8 Å². The second kappa shape index (κ2) is 8.33. The van der Waals surface area contributed by atoms with Gasteiger partial charge in [-0.2, -0.15) is 0 Å². The maximum Gasteiger partial charge on any atom is 0.256 e. The van der Waals surface area contributed by atoms with E-state index in [1.54, 1.807) is 19.5 Å². The van der Waals surface area contributed by atoms with Crippen molar-refractivity contribution < 1.29 is 9.53 Å². The normalized spacial score (nSPS) is 14.6. The summed E-state index contributed by atoms with van der Waals surface area (Å²) in [6, 6.07) is 7.99. The number of ether oxygens (including phenoxy) is 1. The first-order valence-electron chi connectivity index (χ1n) is 9.70. The lowest BCUT2D eigenvalue weighted by Crippen LogP contribution is -2.35. The molecule has 0 atom stereocenters. The Kier molecular flexibility index (Phi) is 5.64. The average Bonchev–Trinajstić information content (AvgIpc) is 3.11. The summed E-state index contributed by atoms with van der Waals surface area (Å²) in [6.45, 7) is 2.93. The van der Waals surface area contributed by atoms with E-state index in [0.717, 1.165) is 53.5 Å². The molecule has 3 heterocycles. The molecule has 0 unspecified atom stereocenters. The number of fused-ring (bicyclic) bond motifs is 1. The number of nitrogens with zero attached hydrogens (tertiary/aromatic N) is 3. The quantitative estimate of drug-likeness (QED) is 0.630. The van der Waals surface area contributed by atoms with Crippen LogP contribution in [0.5, 0.6) is 0 Å². The van der Waals surface area contributed by atoms with Crippen LogP contribution >= 0.6 is 11.6 Å². The number of methoxy groups -OCH3 is 1. The van der Waals surface area contributed by atoms with Crippen LogP contribution in [0.2, 0.25) is 5.02 Å². The minimum absolute atomic E-state index is 0.100. The zero-order valence-corrected chi connectivity index (χ0v) is 16.8. The molecule has 0 saturated carbocycles. The van der Waals surface area contributed by atoms with E-state index in [-0.39, 0.29) is 5.91 Å². The number of pyridine rings is 1. The Hall–Kier alpha value is -2.37. The fraction of sp³-hybridized carbons (Fsp3) is 0.364. The van der Waals surface area contributed by atoms with E-state index in [1.807, 2.05) is 29.3 Å². The van der Waals surface area contributed by atoms with Gasteiger partial charge >= 0.3 is 0 Å². The van der Waals surface area contributed by atoms with Gasteiger partial charge in [0.05, 0.1) is 17.2 Å². The Labute approximate surface area is 169 Å². The number of halogens is 1. The second-order valence-corrected chi connectivity index (χ2v) is 7.61. The first kappa shape index (κ1) is 19.0. The van der Waals surface area contributed by atoms with E-state index in [2.05, 4.69) is 15.6 Å². The van der Waals surface area contributed by atoms with Gasteiger partial charge in [0.25, 0.3) is 5.91 Å². The molecule has 0 aliphatic carbocycles. The van der Waals surface area contributed by atoms with Crippen LogP contribution in [0.25, 0.3) is 22.0 Å².